The molecule has 10 nitrogen and oxygen atoms in total. The number of aromatic amines is 1. The molecule has 0 unspecified atom stereocenters. The minimum atomic E-state index is -4.11. The van der Waals surface area contributed by atoms with Crippen molar-refractivity contribution in [3.8, 4) is 5.75 Å². The number of ether oxygens (including phenoxy) is 2. The number of nitrogens with zero attached hydrogens (tertiary/aromatic N) is 1. The smallest absolute Gasteiger partial charge is 0.337 e. The van der Waals surface area contributed by atoms with Gasteiger partial charge in [-0.3, -0.25) is 14.6 Å². The summed E-state index contributed by atoms with van der Waals surface area (Å²) in [6.07, 6.45) is 1.11. The lowest BCUT2D eigenvalue weighted by Gasteiger charge is -2.09. The SMILES string of the molecule is COC(=O)c1ccc(NC(=O)c2cn[nH]c2S(=O)(=O)Nc2ccc(OC)cc2)cc1. The van der Waals surface area contributed by atoms with E-state index in [0.29, 0.717) is 17.0 Å². The van der Waals surface area contributed by atoms with E-state index in [0.717, 1.165) is 6.20 Å². The van der Waals surface area contributed by atoms with Crippen LogP contribution in [0.4, 0.5) is 11.4 Å². The normalized spacial score (nSPS) is 10.9. The molecule has 0 atom stereocenters. The fourth-order valence-corrected chi connectivity index (χ4v) is 3.67. The number of methoxy groups -OCH3 is 2. The van der Waals surface area contributed by atoms with Crippen LogP contribution in [0.5, 0.6) is 5.75 Å². The molecule has 3 N–H and O–H groups in total. The van der Waals surface area contributed by atoms with E-state index in [1.807, 2.05) is 0 Å². The van der Waals surface area contributed by atoms with E-state index in [4.69, 9.17) is 4.74 Å². The van der Waals surface area contributed by atoms with Gasteiger partial charge in [0.05, 0.1) is 31.5 Å². The van der Waals surface area contributed by atoms with Crippen molar-refractivity contribution in [2.75, 3.05) is 24.3 Å². The Bertz CT molecular complexity index is 1150. The highest BCUT2D eigenvalue weighted by atomic mass is 32.2. The third-order valence-electron chi connectivity index (χ3n) is 4.02. The number of aromatic nitrogens is 2. The van der Waals surface area contributed by atoms with E-state index in [2.05, 4.69) is 25.0 Å². The summed E-state index contributed by atoms with van der Waals surface area (Å²) in [5.41, 5.74) is 0.786. The second-order valence-corrected chi connectivity index (χ2v) is 7.59. The maximum atomic E-state index is 12.7. The van der Waals surface area contributed by atoms with Gasteiger partial charge in [-0.25, -0.2) is 4.79 Å². The van der Waals surface area contributed by atoms with Crippen molar-refractivity contribution in [2.24, 2.45) is 0 Å². The summed E-state index contributed by atoms with van der Waals surface area (Å²) >= 11 is 0. The van der Waals surface area contributed by atoms with E-state index in [-0.39, 0.29) is 16.3 Å². The first kappa shape index (κ1) is 20.9. The standard InChI is InChI=1S/C19H18N4O6S/c1-28-15-9-7-14(8-10-15)23-30(26,27)18-16(11-20-22-18)17(24)21-13-5-3-12(4-6-13)19(25)29-2/h3-11,23H,1-2H3,(H,20,22)(H,21,24). The third kappa shape index (κ3) is 4.58. The Balaban J connectivity index is 1.77. The van der Waals surface area contributed by atoms with Crippen LogP contribution in [0, 0.1) is 0 Å². The van der Waals surface area contributed by atoms with Gasteiger partial charge in [-0.2, -0.15) is 13.5 Å². The molecule has 0 aliphatic carbocycles. The van der Waals surface area contributed by atoms with Crippen LogP contribution in [0.25, 0.3) is 0 Å². The number of hydrogen-bond donors (Lipinski definition) is 3. The molecule has 0 fully saturated rings. The van der Waals surface area contributed by atoms with Crippen LogP contribution in [0.3, 0.4) is 0 Å². The zero-order valence-corrected chi connectivity index (χ0v) is 16.8. The molecule has 156 valence electrons. The van der Waals surface area contributed by atoms with Crippen molar-refractivity contribution in [2.45, 2.75) is 5.03 Å². The fourth-order valence-electron chi connectivity index (χ4n) is 2.51. The van der Waals surface area contributed by atoms with Crippen LogP contribution >= 0.6 is 0 Å². The Morgan fingerprint density at radius 1 is 0.967 bits per heavy atom. The number of sulfonamides is 1. The molecule has 1 amide bonds. The zero-order chi connectivity index (χ0) is 21.7. The number of benzene rings is 2. The lowest BCUT2D eigenvalue weighted by Crippen LogP contribution is -2.19. The average Bonchev–Trinajstić information content (AvgIpc) is 3.25. The highest BCUT2D eigenvalue weighted by molar-refractivity contribution is 7.92. The summed E-state index contributed by atoms with van der Waals surface area (Å²) in [5, 5.41) is 8.20. The van der Waals surface area contributed by atoms with Gasteiger partial charge in [-0.05, 0) is 48.5 Å². The van der Waals surface area contributed by atoms with Gasteiger partial charge in [0.1, 0.15) is 5.75 Å². The Hall–Kier alpha value is -3.86. The topological polar surface area (TPSA) is 139 Å². The second kappa shape index (κ2) is 8.66. The van der Waals surface area contributed by atoms with Crippen molar-refractivity contribution >= 4 is 33.3 Å². The van der Waals surface area contributed by atoms with Crippen LogP contribution in [0.15, 0.2) is 59.8 Å². The summed E-state index contributed by atoms with van der Waals surface area (Å²) in [7, 11) is -1.35. The van der Waals surface area contributed by atoms with Crippen molar-refractivity contribution in [3.05, 3.63) is 65.9 Å². The highest BCUT2D eigenvalue weighted by Crippen LogP contribution is 2.21. The summed E-state index contributed by atoms with van der Waals surface area (Å²) < 4.78 is 37.4. The monoisotopic (exact) mass is 430 g/mol. The van der Waals surface area contributed by atoms with E-state index in [9.17, 15) is 18.0 Å². The zero-order valence-electron chi connectivity index (χ0n) is 16.0. The van der Waals surface area contributed by atoms with E-state index in [1.54, 1.807) is 12.1 Å². The molecule has 0 radical (unpaired) electrons. The number of nitrogens with one attached hydrogen (secondary N) is 3. The van der Waals surface area contributed by atoms with Gasteiger partial charge >= 0.3 is 5.97 Å². The lowest BCUT2D eigenvalue weighted by atomic mass is 10.2. The van der Waals surface area contributed by atoms with Crippen LogP contribution in [-0.2, 0) is 14.8 Å². The number of anilines is 2. The maximum Gasteiger partial charge on any atom is 0.337 e. The number of H-pyrrole nitrogens is 1. The number of carbonyl (C=O) groups excluding carboxylic acids is 2. The summed E-state index contributed by atoms with van der Waals surface area (Å²) in [4.78, 5) is 24.1. The average molecular weight is 430 g/mol. The van der Waals surface area contributed by atoms with E-state index < -0.39 is 21.9 Å². The van der Waals surface area contributed by atoms with Crippen molar-refractivity contribution in [1.29, 1.82) is 0 Å². The van der Waals surface area contributed by atoms with Gasteiger partial charge in [0.15, 0.2) is 5.03 Å². The molecule has 11 heteroatoms. The lowest BCUT2D eigenvalue weighted by molar-refractivity contribution is 0.0600. The maximum absolute atomic E-state index is 12.7. The number of rotatable bonds is 7. The third-order valence-corrected chi connectivity index (χ3v) is 5.38. The first-order valence-corrected chi connectivity index (χ1v) is 10.0. The quantitative estimate of drug-likeness (QED) is 0.489. The largest absolute Gasteiger partial charge is 0.497 e. The highest BCUT2D eigenvalue weighted by Gasteiger charge is 2.25. The molecule has 3 rings (SSSR count). The second-order valence-electron chi connectivity index (χ2n) is 5.97. The van der Waals surface area contributed by atoms with Gasteiger partial charge in [-0.15, -0.1) is 0 Å². The van der Waals surface area contributed by atoms with Crippen LogP contribution in [0.1, 0.15) is 20.7 Å². The van der Waals surface area contributed by atoms with Crippen molar-refractivity contribution in [1.82, 2.24) is 10.2 Å². The Morgan fingerprint density at radius 3 is 2.20 bits per heavy atom. The van der Waals surface area contributed by atoms with Gasteiger partial charge in [-0.1, -0.05) is 0 Å². The number of hydrogen-bond acceptors (Lipinski definition) is 7. The molecule has 2 aromatic carbocycles. The molecule has 0 saturated heterocycles. The fraction of sp³-hybridized carbons (Fsp3) is 0.105. The molecule has 0 saturated carbocycles. The summed E-state index contributed by atoms with van der Waals surface area (Å²) in [6, 6.07) is 12.2. The van der Waals surface area contributed by atoms with Crippen LogP contribution in [-0.4, -0.2) is 44.7 Å². The summed E-state index contributed by atoms with van der Waals surface area (Å²) in [5.74, 6) is -0.636. The molecule has 0 aliphatic rings. The molecule has 1 aromatic heterocycles. The molecule has 0 spiro atoms. The van der Waals surface area contributed by atoms with Gasteiger partial charge in [0.2, 0.25) is 0 Å². The van der Waals surface area contributed by atoms with Crippen molar-refractivity contribution < 1.29 is 27.5 Å². The Morgan fingerprint density at radius 2 is 1.60 bits per heavy atom. The predicted molar refractivity (Wildman–Crippen MR) is 108 cm³/mol. The molecular formula is C19H18N4O6S. The van der Waals surface area contributed by atoms with Gasteiger partial charge < -0.3 is 14.8 Å². The van der Waals surface area contributed by atoms with E-state index >= 15 is 0 Å². The van der Waals surface area contributed by atoms with Crippen LogP contribution < -0.4 is 14.8 Å². The first-order chi connectivity index (χ1) is 14.3. The minimum absolute atomic E-state index is 0.173. The molecular weight excluding hydrogens is 412 g/mol. The first-order valence-electron chi connectivity index (χ1n) is 8.54. The van der Waals surface area contributed by atoms with Gasteiger partial charge in [0, 0.05) is 11.4 Å². The number of amides is 1. The molecule has 0 aliphatic heterocycles. The Kier molecular flexibility index (Phi) is 6.02. The van der Waals surface area contributed by atoms with Gasteiger partial charge in [0.25, 0.3) is 15.9 Å². The van der Waals surface area contributed by atoms with Crippen molar-refractivity contribution in [3.63, 3.8) is 0 Å². The number of carbonyl (C=O) groups is 2. The van der Waals surface area contributed by atoms with E-state index in [1.165, 1.54) is 50.6 Å². The van der Waals surface area contributed by atoms with Crippen LogP contribution in [0.2, 0.25) is 0 Å². The molecule has 30 heavy (non-hydrogen) atoms. The molecule has 3 aromatic rings. The molecule has 1 heterocycles. The predicted octanol–water partition coefficient (Wildman–Crippen LogP) is 2.26. The summed E-state index contributed by atoms with van der Waals surface area (Å²) in [6.45, 7) is 0. The number of esters is 1. The molecule has 0 bridgehead atoms. The minimum Gasteiger partial charge on any atom is -0.497 e. The Labute approximate surface area is 172 Å².